The quantitative estimate of drug-likeness (QED) is 0.579. The maximum atomic E-state index is 13.2. The number of nitrogens with zero attached hydrogens (tertiary/aromatic N) is 1. The van der Waals surface area contributed by atoms with Crippen LogP contribution in [0.4, 0.5) is 15.8 Å². The summed E-state index contributed by atoms with van der Waals surface area (Å²) < 4.78 is 38.9. The third-order valence-electron chi connectivity index (χ3n) is 3.58. The molecule has 1 atom stereocenters. The summed E-state index contributed by atoms with van der Waals surface area (Å²) >= 11 is 0. The molecule has 2 rings (SSSR count). The second-order valence-corrected chi connectivity index (χ2v) is 7.41. The Balaban J connectivity index is 2.25. The highest BCUT2D eigenvalue weighted by atomic mass is 32.2. The van der Waals surface area contributed by atoms with Crippen LogP contribution in [0.15, 0.2) is 47.4 Å². The van der Waals surface area contributed by atoms with Gasteiger partial charge in [-0.3, -0.25) is 10.1 Å². The van der Waals surface area contributed by atoms with Crippen LogP contribution in [0.1, 0.15) is 12.5 Å². The van der Waals surface area contributed by atoms with Crippen molar-refractivity contribution >= 4 is 21.4 Å². The smallest absolute Gasteiger partial charge is 0.293 e. The number of nitrogens with one attached hydrogen (secondary N) is 2. The third-order valence-corrected chi connectivity index (χ3v) is 4.99. The Kier molecular flexibility index (Phi) is 5.70. The second-order valence-electron chi connectivity index (χ2n) is 5.52. The first-order valence-corrected chi connectivity index (χ1v) is 8.94. The van der Waals surface area contributed by atoms with Crippen molar-refractivity contribution in [1.82, 2.24) is 4.72 Å². The molecule has 2 aromatic carbocycles. The Bertz CT molecular complexity index is 887. The fraction of sp³-hybridized carbons (Fsp3) is 0.250. The van der Waals surface area contributed by atoms with Crippen molar-refractivity contribution in [1.29, 1.82) is 0 Å². The van der Waals surface area contributed by atoms with E-state index in [2.05, 4.69) is 10.0 Å². The number of hydrogen-bond acceptors (Lipinski definition) is 5. The van der Waals surface area contributed by atoms with Crippen molar-refractivity contribution in [3.05, 3.63) is 64.0 Å². The molecule has 0 aliphatic carbocycles. The van der Waals surface area contributed by atoms with E-state index in [-0.39, 0.29) is 28.1 Å². The first kappa shape index (κ1) is 18.8. The lowest BCUT2D eigenvalue weighted by Gasteiger charge is -2.16. The summed E-state index contributed by atoms with van der Waals surface area (Å²) in [5, 5.41) is 14.3. The molecular formula is C16H18FN3O4S. The standard InChI is InChI=1S/C16H18FN3O4S/c1-11(8-12-4-3-5-13(17)9-12)19-15-7-6-14(25(23,24)18-2)10-16(15)20(21)22/h3-7,9-11,18-19H,8H2,1-2H3. The van der Waals surface area contributed by atoms with Crippen molar-refractivity contribution in [3.63, 3.8) is 0 Å². The Morgan fingerprint density at radius 3 is 2.56 bits per heavy atom. The first-order chi connectivity index (χ1) is 11.7. The van der Waals surface area contributed by atoms with E-state index in [0.717, 1.165) is 11.6 Å². The van der Waals surface area contributed by atoms with Crippen LogP contribution in [-0.2, 0) is 16.4 Å². The summed E-state index contributed by atoms with van der Waals surface area (Å²) in [6.45, 7) is 1.80. The van der Waals surface area contributed by atoms with Crippen molar-refractivity contribution in [3.8, 4) is 0 Å². The van der Waals surface area contributed by atoms with Gasteiger partial charge in [-0.05, 0) is 50.2 Å². The monoisotopic (exact) mass is 367 g/mol. The molecule has 0 fully saturated rings. The summed E-state index contributed by atoms with van der Waals surface area (Å²) in [6, 6.07) is 9.51. The van der Waals surface area contributed by atoms with Gasteiger partial charge in [0.05, 0.1) is 9.82 Å². The number of nitro groups is 1. The topological polar surface area (TPSA) is 101 Å². The molecule has 0 saturated carbocycles. The van der Waals surface area contributed by atoms with Crippen LogP contribution in [0, 0.1) is 15.9 Å². The molecule has 25 heavy (non-hydrogen) atoms. The summed E-state index contributed by atoms with van der Waals surface area (Å²) in [5.74, 6) is -0.350. The molecule has 0 radical (unpaired) electrons. The molecule has 2 N–H and O–H groups in total. The van der Waals surface area contributed by atoms with Crippen molar-refractivity contribution in [2.45, 2.75) is 24.3 Å². The Morgan fingerprint density at radius 1 is 1.24 bits per heavy atom. The van der Waals surface area contributed by atoms with Gasteiger partial charge < -0.3 is 5.32 Å². The van der Waals surface area contributed by atoms with Gasteiger partial charge in [-0.2, -0.15) is 0 Å². The molecule has 9 heteroatoms. The van der Waals surface area contributed by atoms with Crippen LogP contribution in [-0.4, -0.2) is 26.4 Å². The van der Waals surface area contributed by atoms with Gasteiger partial charge in [0.25, 0.3) is 5.69 Å². The average molecular weight is 367 g/mol. The summed E-state index contributed by atoms with van der Waals surface area (Å²) in [6.07, 6.45) is 0.450. The van der Waals surface area contributed by atoms with E-state index in [1.807, 2.05) is 0 Å². The lowest BCUT2D eigenvalue weighted by molar-refractivity contribution is -0.384. The van der Waals surface area contributed by atoms with E-state index in [9.17, 15) is 22.9 Å². The maximum Gasteiger partial charge on any atom is 0.293 e. The normalized spacial score (nSPS) is 12.6. The van der Waals surface area contributed by atoms with Crippen LogP contribution in [0.5, 0.6) is 0 Å². The van der Waals surface area contributed by atoms with Crippen molar-refractivity contribution in [2.24, 2.45) is 0 Å². The molecule has 0 amide bonds. The van der Waals surface area contributed by atoms with Crippen LogP contribution >= 0.6 is 0 Å². The number of rotatable bonds is 7. The maximum absolute atomic E-state index is 13.2. The number of anilines is 1. The van der Waals surface area contributed by atoms with E-state index >= 15 is 0 Å². The highest BCUT2D eigenvalue weighted by Crippen LogP contribution is 2.28. The van der Waals surface area contributed by atoms with Gasteiger partial charge in [-0.1, -0.05) is 12.1 Å². The lowest BCUT2D eigenvalue weighted by atomic mass is 10.1. The van der Waals surface area contributed by atoms with Crippen LogP contribution in [0.2, 0.25) is 0 Å². The molecule has 0 bridgehead atoms. The minimum atomic E-state index is -3.78. The highest BCUT2D eigenvalue weighted by Gasteiger charge is 2.21. The van der Waals surface area contributed by atoms with Gasteiger partial charge in [0.1, 0.15) is 11.5 Å². The Morgan fingerprint density at radius 2 is 1.96 bits per heavy atom. The predicted molar refractivity (Wildman–Crippen MR) is 92.5 cm³/mol. The highest BCUT2D eigenvalue weighted by molar-refractivity contribution is 7.89. The van der Waals surface area contributed by atoms with E-state index in [1.165, 1.54) is 31.3 Å². The zero-order chi connectivity index (χ0) is 18.6. The van der Waals surface area contributed by atoms with Crippen LogP contribution in [0.25, 0.3) is 0 Å². The number of nitro benzene ring substituents is 1. The van der Waals surface area contributed by atoms with E-state index in [4.69, 9.17) is 0 Å². The number of benzene rings is 2. The number of sulfonamides is 1. The van der Waals surface area contributed by atoms with E-state index in [0.29, 0.717) is 6.42 Å². The van der Waals surface area contributed by atoms with Crippen LogP contribution in [0.3, 0.4) is 0 Å². The Labute approximate surface area is 145 Å². The average Bonchev–Trinajstić information content (AvgIpc) is 2.54. The minimum Gasteiger partial charge on any atom is -0.377 e. The molecule has 134 valence electrons. The van der Waals surface area contributed by atoms with Gasteiger partial charge >= 0.3 is 0 Å². The largest absolute Gasteiger partial charge is 0.377 e. The SMILES string of the molecule is CNS(=O)(=O)c1ccc(NC(C)Cc2cccc(F)c2)c([N+](=O)[O-])c1. The zero-order valence-corrected chi connectivity index (χ0v) is 14.5. The molecule has 0 aliphatic heterocycles. The molecule has 2 aromatic rings. The lowest BCUT2D eigenvalue weighted by Crippen LogP contribution is -2.20. The number of hydrogen-bond donors (Lipinski definition) is 2. The fourth-order valence-corrected chi connectivity index (χ4v) is 3.15. The Hall–Kier alpha value is -2.52. The number of halogens is 1. The minimum absolute atomic E-state index is 0.190. The molecule has 0 heterocycles. The van der Waals surface area contributed by atoms with E-state index < -0.39 is 14.9 Å². The summed E-state index contributed by atoms with van der Waals surface area (Å²) in [5.41, 5.74) is 0.600. The van der Waals surface area contributed by atoms with Crippen molar-refractivity contribution < 1.29 is 17.7 Å². The molecule has 0 aromatic heterocycles. The summed E-state index contributed by atoms with van der Waals surface area (Å²) in [4.78, 5) is 10.4. The van der Waals surface area contributed by atoms with Gasteiger partial charge in [0, 0.05) is 12.1 Å². The zero-order valence-electron chi connectivity index (χ0n) is 13.7. The second kappa shape index (κ2) is 7.58. The molecular weight excluding hydrogens is 349 g/mol. The molecule has 0 spiro atoms. The predicted octanol–water partition coefficient (Wildman–Crippen LogP) is 2.69. The van der Waals surface area contributed by atoms with Gasteiger partial charge in [0.2, 0.25) is 10.0 Å². The summed E-state index contributed by atoms with van der Waals surface area (Å²) in [7, 11) is -2.55. The molecule has 7 nitrogen and oxygen atoms in total. The van der Waals surface area contributed by atoms with Crippen molar-refractivity contribution in [2.75, 3.05) is 12.4 Å². The molecule has 0 aliphatic rings. The van der Waals surface area contributed by atoms with Gasteiger partial charge in [0.15, 0.2) is 0 Å². The first-order valence-electron chi connectivity index (χ1n) is 7.46. The van der Waals surface area contributed by atoms with E-state index in [1.54, 1.807) is 19.1 Å². The third kappa shape index (κ3) is 4.74. The van der Waals surface area contributed by atoms with Crippen LogP contribution < -0.4 is 10.0 Å². The van der Waals surface area contributed by atoms with Gasteiger partial charge in [-0.25, -0.2) is 17.5 Å². The molecule has 1 unspecified atom stereocenters. The fourth-order valence-electron chi connectivity index (χ4n) is 2.40. The van der Waals surface area contributed by atoms with Gasteiger partial charge in [-0.15, -0.1) is 0 Å². The molecule has 0 saturated heterocycles.